The minimum absolute atomic E-state index is 0.00455. The van der Waals surface area contributed by atoms with Gasteiger partial charge in [0.2, 0.25) is 5.91 Å². The van der Waals surface area contributed by atoms with E-state index in [0.29, 0.717) is 18.1 Å². The van der Waals surface area contributed by atoms with E-state index in [-0.39, 0.29) is 23.8 Å². The van der Waals surface area contributed by atoms with E-state index < -0.39 is 5.82 Å². The summed E-state index contributed by atoms with van der Waals surface area (Å²) < 4.78 is 13.9. The second-order valence-electron chi connectivity index (χ2n) is 6.01. The Morgan fingerprint density at radius 1 is 1.52 bits per heavy atom. The lowest BCUT2D eigenvalue weighted by Gasteiger charge is -2.32. The topological polar surface area (TPSA) is 49.0 Å². The molecule has 23 heavy (non-hydrogen) atoms. The Bertz CT molecular complexity index is 695. The quantitative estimate of drug-likeness (QED) is 0.933. The summed E-state index contributed by atoms with van der Waals surface area (Å²) in [6.07, 6.45) is 3.71. The highest BCUT2D eigenvalue weighted by Crippen LogP contribution is 2.26. The van der Waals surface area contributed by atoms with Crippen molar-refractivity contribution in [3.05, 3.63) is 52.3 Å². The van der Waals surface area contributed by atoms with E-state index in [1.54, 1.807) is 23.2 Å². The van der Waals surface area contributed by atoms with Crippen LogP contribution >= 0.6 is 11.6 Å². The van der Waals surface area contributed by atoms with Crippen molar-refractivity contribution in [1.29, 1.82) is 0 Å². The van der Waals surface area contributed by atoms with Gasteiger partial charge in [-0.1, -0.05) is 17.7 Å². The molecule has 1 amide bonds. The number of aromatic nitrogens is 2. The van der Waals surface area contributed by atoms with E-state index >= 15 is 0 Å². The number of rotatable bonds is 3. The molecule has 3 rings (SSSR count). The first-order chi connectivity index (χ1) is 11.0. The molecule has 4 nitrogen and oxygen atoms in total. The molecule has 1 saturated heterocycles. The van der Waals surface area contributed by atoms with Crippen LogP contribution in [0.15, 0.2) is 24.4 Å². The number of carbonyl (C=O) groups is 1. The molecule has 1 aromatic heterocycles. The molecule has 1 atom stereocenters. The van der Waals surface area contributed by atoms with Crippen LogP contribution in [-0.4, -0.2) is 33.9 Å². The Labute approximate surface area is 139 Å². The Morgan fingerprint density at radius 2 is 2.35 bits per heavy atom. The zero-order chi connectivity index (χ0) is 16.4. The number of aryl methyl sites for hydroxylation is 1. The number of H-pyrrole nitrogens is 1. The number of nitrogens with zero attached hydrogens (tertiary/aromatic N) is 2. The fraction of sp³-hybridized carbons (Fsp3) is 0.412. The highest BCUT2D eigenvalue weighted by atomic mass is 35.5. The second-order valence-corrected chi connectivity index (χ2v) is 6.41. The highest BCUT2D eigenvalue weighted by Gasteiger charge is 2.27. The van der Waals surface area contributed by atoms with Gasteiger partial charge in [-0.3, -0.25) is 4.79 Å². The molecule has 1 aromatic carbocycles. The average molecular weight is 336 g/mol. The molecular formula is C17H19ClFN3O. The maximum absolute atomic E-state index is 13.9. The number of carbonyl (C=O) groups excluding carboxylic acids is 1. The summed E-state index contributed by atoms with van der Waals surface area (Å²) in [5, 5.41) is 0.300. The van der Waals surface area contributed by atoms with Crippen molar-refractivity contribution in [1.82, 2.24) is 14.9 Å². The van der Waals surface area contributed by atoms with Crippen molar-refractivity contribution in [2.45, 2.75) is 32.1 Å². The lowest BCUT2D eigenvalue weighted by atomic mass is 9.96. The van der Waals surface area contributed by atoms with Crippen molar-refractivity contribution in [3.8, 4) is 0 Å². The zero-order valence-electron chi connectivity index (χ0n) is 13.0. The minimum atomic E-state index is -0.430. The van der Waals surface area contributed by atoms with Gasteiger partial charge in [-0.15, -0.1) is 0 Å². The van der Waals surface area contributed by atoms with E-state index in [1.807, 2.05) is 6.92 Å². The maximum Gasteiger partial charge on any atom is 0.227 e. The maximum atomic E-state index is 13.9. The lowest BCUT2D eigenvalue weighted by Crippen LogP contribution is -2.40. The predicted molar refractivity (Wildman–Crippen MR) is 87.0 cm³/mol. The molecule has 1 aliphatic rings. The molecule has 0 saturated carbocycles. The summed E-state index contributed by atoms with van der Waals surface area (Å²) in [6, 6.07) is 4.48. The van der Waals surface area contributed by atoms with Gasteiger partial charge in [-0.2, -0.15) is 0 Å². The van der Waals surface area contributed by atoms with Crippen molar-refractivity contribution in [2.24, 2.45) is 0 Å². The van der Waals surface area contributed by atoms with Gasteiger partial charge in [-0.05, 0) is 31.9 Å². The normalized spacial score (nSPS) is 18.2. The van der Waals surface area contributed by atoms with Crippen molar-refractivity contribution >= 4 is 17.5 Å². The first-order valence-electron chi connectivity index (χ1n) is 7.76. The van der Waals surface area contributed by atoms with Crippen LogP contribution in [0.5, 0.6) is 0 Å². The average Bonchev–Trinajstić information content (AvgIpc) is 2.97. The first-order valence-corrected chi connectivity index (χ1v) is 8.14. The third-order valence-corrected chi connectivity index (χ3v) is 4.63. The van der Waals surface area contributed by atoms with Crippen LogP contribution < -0.4 is 0 Å². The van der Waals surface area contributed by atoms with Gasteiger partial charge >= 0.3 is 0 Å². The minimum Gasteiger partial charge on any atom is -0.346 e. The Morgan fingerprint density at radius 3 is 3.04 bits per heavy atom. The molecule has 0 aliphatic carbocycles. The van der Waals surface area contributed by atoms with Gasteiger partial charge in [0.25, 0.3) is 0 Å². The molecule has 1 aliphatic heterocycles. The summed E-state index contributed by atoms with van der Waals surface area (Å²) in [4.78, 5) is 21.9. The predicted octanol–water partition coefficient (Wildman–Crippen LogP) is 3.46. The van der Waals surface area contributed by atoms with Gasteiger partial charge in [-0.25, -0.2) is 9.37 Å². The van der Waals surface area contributed by atoms with Crippen molar-refractivity contribution in [3.63, 3.8) is 0 Å². The molecule has 122 valence electrons. The summed E-state index contributed by atoms with van der Waals surface area (Å²) >= 11 is 6.01. The summed E-state index contributed by atoms with van der Waals surface area (Å²) in [6.45, 7) is 3.27. The number of imidazole rings is 1. The number of likely N-dealkylation sites (tertiary alicyclic amines) is 1. The molecular weight excluding hydrogens is 317 g/mol. The number of piperidine rings is 1. The number of amides is 1. The van der Waals surface area contributed by atoms with Gasteiger partial charge < -0.3 is 9.88 Å². The van der Waals surface area contributed by atoms with Crippen LogP contribution in [0.25, 0.3) is 0 Å². The van der Waals surface area contributed by atoms with E-state index in [1.165, 1.54) is 6.07 Å². The van der Waals surface area contributed by atoms with Crippen molar-refractivity contribution < 1.29 is 9.18 Å². The molecule has 0 spiro atoms. The number of hydrogen-bond acceptors (Lipinski definition) is 2. The number of aromatic amines is 1. The fourth-order valence-electron chi connectivity index (χ4n) is 3.03. The van der Waals surface area contributed by atoms with Gasteiger partial charge in [0.05, 0.1) is 6.42 Å². The zero-order valence-corrected chi connectivity index (χ0v) is 13.7. The molecule has 6 heteroatoms. The molecule has 0 unspecified atom stereocenters. The second kappa shape index (κ2) is 6.71. The molecule has 2 heterocycles. The first kappa shape index (κ1) is 16.0. The van der Waals surface area contributed by atoms with Crippen LogP contribution in [0.2, 0.25) is 5.02 Å². The smallest absolute Gasteiger partial charge is 0.227 e. The largest absolute Gasteiger partial charge is 0.346 e. The Balaban J connectivity index is 1.70. The van der Waals surface area contributed by atoms with Crippen LogP contribution in [0.3, 0.4) is 0 Å². The number of hydrogen-bond donors (Lipinski definition) is 1. The summed E-state index contributed by atoms with van der Waals surface area (Å²) in [5.74, 6) is 0.604. The van der Waals surface area contributed by atoms with Crippen LogP contribution in [-0.2, 0) is 11.2 Å². The van der Waals surface area contributed by atoms with Gasteiger partial charge in [0.15, 0.2) is 0 Å². The van der Waals surface area contributed by atoms with Crippen LogP contribution in [0.4, 0.5) is 4.39 Å². The summed E-state index contributed by atoms with van der Waals surface area (Å²) in [5.41, 5.74) is 1.29. The number of nitrogens with one attached hydrogen (secondary N) is 1. The lowest BCUT2D eigenvalue weighted by molar-refractivity contribution is -0.131. The number of halogens is 2. The Hall–Kier alpha value is -1.88. The Kier molecular flexibility index (Phi) is 4.66. The summed E-state index contributed by atoms with van der Waals surface area (Å²) in [7, 11) is 0. The van der Waals surface area contributed by atoms with Gasteiger partial charge in [0, 0.05) is 41.5 Å². The van der Waals surface area contributed by atoms with E-state index in [9.17, 15) is 9.18 Å². The SMILES string of the molecule is Cc1cnc([C@H]2CCCN(C(=O)Cc3c(F)cccc3Cl)C2)[nH]1. The van der Waals surface area contributed by atoms with E-state index in [2.05, 4.69) is 9.97 Å². The third-order valence-electron chi connectivity index (χ3n) is 4.27. The molecule has 0 radical (unpaired) electrons. The molecule has 1 N–H and O–H groups in total. The standard InChI is InChI=1S/C17H19ClFN3O/c1-11-9-20-17(21-11)12-4-3-7-22(10-12)16(23)8-13-14(18)5-2-6-15(13)19/h2,5-6,9,12H,3-4,7-8,10H2,1H3,(H,20,21)/t12-/m0/s1. The van der Waals surface area contributed by atoms with Crippen molar-refractivity contribution in [2.75, 3.05) is 13.1 Å². The van der Waals surface area contributed by atoms with E-state index in [4.69, 9.17) is 11.6 Å². The molecule has 0 bridgehead atoms. The fourth-order valence-corrected chi connectivity index (χ4v) is 3.26. The third kappa shape index (κ3) is 3.55. The monoisotopic (exact) mass is 335 g/mol. The van der Waals surface area contributed by atoms with Crippen LogP contribution in [0.1, 0.15) is 35.8 Å². The van der Waals surface area contributed by atoms with Gasteiger partial charge in [0.1, 0.15) is 11.6 Å². The molecule has 2 aromatic rings. The van der Waals surface area contributed by atoms with E-state index in [0.717, 1.165) is 24.4 Å². The highest BCUT2D eigenvalue weighted by molar-refractivity contribution is 6.31. The van der Waals surface area contributed by atoms with Crippen LogP contribution in [0, 0.1) is 12.7 Å². The number of benzene rings is 1. The molecule has 1 fully saturated rings.